The molecule has 1 amide bonds. The third-order valence-corrected chi connectivity index (χ3v) is 6.54. The van der Waals surface area contributed by atoms with Crippen LogP contribution in [0.3, 0.4) is 0 Å². The fourth-order valence-electron chi connectivity index (χ4n) is 2.42. The molecule has 0 radical (unpaired) electrons. The van der Waals surface area contributed by atoms with Crippen LogP contribution in [0.4, 0.5) is 5.13 Å². The molecular formula is C21H16N4O6S2. The molecule has 0 fully saturated rings. The molecule has 0 aliphatic rings. The molecule has 0 aliphatic carbocycles. The first-order chi connectivity index (χ1) is 15.7. The maximum atomic E-state index is 12.3. The molecule has 0 saturated heterocycles. The van der Waals surface area contributed by atoms with Gasteiger partial charge in [-0.3, -0.25) is 10.1 Å². The SMILES string of the molecule is COc1ccc(C(=O)Oc2ccc(/C=C(/C#N)C(=O)Nc3nnc(S(C)(=O)=O)s3)cc2)cc1. The van der Waals surface area contributed by atoms with Crippen molar-refractivity contribution in [1.82, 2.24) is 10.2 Å². The Hall–Kier alpha value is -4.08. The summed E-state index contributed by atoms with van der Waals surface area (Å²) < 4.78 is 33.0. The van der Waals surface area contributed by atoms with Crippen LogP contribution in [0.15, 0.2) is 58.4 Å². The molecule has 0 saturated carbocycles. The van der Waals surface area contributed by atoms with E-state index in [2.05, 4.69) is 15.5 Å². The van der Waals surface area contributed by atoms with Crippen molar-refractivity contribution in [2.24, 2.45) is 0 Å². The van der Waals surface area contributed by atoms with Crippen LogP contribution in [-0.4, -0.2) is 43.9 Å². The van der Waals surface area contributed by atoms with E-state index >= 15 is 0 Å². The Kier molecular flexibility index (Phi) is 7.17. The quantitative estimate of drug-likeness (QED) is 0.176. The molecule has 10 nitrogen and oxygen atoms in total. The van der Waals surface area contributed by atoms with E-state index < -0.39 is 21.7 Å². The summed E-state index contributed by atoms with van der Waals surface area (Å²) in [5, 5.41) is 18.7. The molecule has 0 atom stereocenters. The standard InChI is InChI=1S/C21H16N4O6S2/c1-30-16-9-5-14(6-10-16)19(27)31-17-7-3-13(4-8-17)11-15(12-22)18(26)23-20-24-25-21(32-20)33(2,28)29/h3-11H,1-2H3,(H,23,24,26)/b15-11-. The molecule has 1 aromatic heterocycles. The van der Waals surface area contributed by atoms with Gasteiger partial charge < -0.3 is 9.47 Å². The number of esters is 1. The van der Waals surface area contributed by atoms with Crippen LogP contribution < -0.4 is 14.8 Å². The van der Waals surface area contributed by atoms with Gasteiger partial charge >= 0.3 is 5.97 Å². The second-order valence-corrected chi connectivity index (χ2v) is 9.62. The second-order valence-electron chi connectivity index (χ2n) is 6.46. The molecule has 33 heavy (non-hydrogen) atoms. The van der Waals surface area contributed by atoms with Gasteiger partial charge in [0.1, 0.15) is 23.1 Å². The highest BCUT2D eigenvalue weighted by Gasteiger charge is 2.17. The number of hydrogen-bond donors (Lipinski definition) is 1. The fourth-order valence-corrected chi connectivity index (χ4v) is 3.92. The number of nitriles is 1. The Morgan fingerprint density at radius 3 is 2.24 bits per heavy atom. The van der Waals surface area contributed by atoms with Crippen LogP contribution in [0, 0.1) is 11.3 Å². The van der Waals surface area contributed by atoms with Gasteiger partial charge in [-0.15, -0.1) is 10.2 Å². The highest BCUT2D eigenvalue weighted by molar-refractivity contribution is 7.92. The minimum atomic E-state index is -3.55. The van der Waals surface area contributed by atoms with Crippen LogP contribution in [-0.2, 0) is 14.6 Å². The maximum Gasteiger partial charge on any atom is 0.343 e. The fraction of sp³-hybridized carbons (Fsp3) is 0.0952. The Morgan fingerprint density at radius 1 is 1.06 bits per heavy atom. The number of anilines is 1. The summed E-state index contributed by atoms with van der Waals surface area (Å²) in [6, 6.07) is 14.4. The van der Waals surface area contributed by atoms with Crippen molar-refractivity contribution in [1.29, 1.82) is 5.26 Å². The Morgan fingerprint density at radius 2 is 1.70 bits per heavy atom. The van der Waals surface area contributed by atoms with E-state index in [0.29, 0.717) is 28.2 Å². The van der Waals surface area contributed by atoms with Gasteiger partial charge in [-0.05, 0) is 48.0 Å². The third kappa shape index (κ3) is 6.22. The van der Waals surface area contributed by atoms with Crippen molar-refractivity contribution < 1.29 is 27.5 Å². The van der Waals surface area contributed by atoms with E-state index in [1.807, 2.05) is 0 Å². The number of amides is 1. The lowest BCUT2D eigenvalue weighted by Gasteiger charge is -2.06. The van der Waals surface area contributed by atoms with Gasteiger partial charge in [0.15, 0.2) is 0 Å². The van der Waals surface area contributed by atoms with E-state index in [0.717, 1.165) is 6.26 Å². The summed E-state index contributed by atoms with van der Waals surface area (Å²) in [5.74, 6) is -0.438. The molecule has 0 bridgehead atoms. The summed E-state index contributed by atoms with van der Waals surface area (Å²) in [5.41, 5.74) is 0.605. The van der Waals surface area contributed by atoms with E-state index in [1.54, 1.807) is 42.5 Å². The average Bonchev–Trinajstić information content (AvgIpc) is 3.27. The van der Waals surface area contributed by atoms with Crippen LogP contribution in [0.5, 0.6) is 11.5 Å². The predicted molar refractivity (Wildman–Crippen MR) is 120 cm³/mol. The molecule has 3 aromatic rings. The Bertz CT molecular complexity index is 1350. The maximum absolute atomic E-state index is 12.3. The number of nitrogens with zero attached hydrogens (tertiary/aromatic N) is 3. The largest absolute Gasteiger partial charge is 0.497 e. The van der Waals surface area contributed by atoms with Gasteiger partial charge in [0.2, 0.25) is 19.3 Å². The molecule has 12 heteroatoms. The summed E-state index contributed by atoms with van der Waals surface area (Å²) in [7, 11) is -2.03. The summed E-state index contributed by atoms with van der Waals surface area (Å²) in [4.78, 5) is 24.6. The average molecular weight is 485 g/mol. The number of carbonyl (C=O) groups is 2. The Labute approximate surface area is 193 Å². The first-order valence-corrected chi connectivity index (χ1v) is 11.8. The zero-order valence-electron chi connectivity index (χ0n) is 17.3. The monoisotopic (exact) mass is 484 g/mol. The third-order valence-electron chi connectivity index (χ3n) is 4.04. The van der Waals surface area contributed by atoms with Gasteiger partial charge in [-0.2, -0.15) is 5.26 Å². The zero-order valence-corrected chi connectivity index (χ0v) is 18.9. The van der Waals surface area contributed by atoms with Gasteiger partial charge in [-0.1, -0.05) is 23.5 Å². The van der Waals surface area contributed by atoms with Gasteiger partial charge in [0.25, 0.3) is 5.91 Å². The van der Waals surface area contributed by atoms with Gasteiger partial charge in [0, 0.05) is 6.26 Å². The van der Waals surface area contributed by atoms with E-state index in [4.69, 9.17) is 9.47 Å². The molecular weight excluding hydrogens is 468 g/mol. The number of rotatable bonds is 7. The van der Waals surface area contributed by atoms with Crippen LogP contribution in [0.25, 0.3) is 6.08 Å². The molecule has 0 unspecified atom stereocenters. The number of carbonyl (C=O) groups excluding carboxylic acids is 2. The first kappa shape index (κ1) is 23.6. The molecule has 1 N–H and O–H groups in total. The first-order valence-electron chi connectivity index (χ1n) is 9.12. The predicted octanol–water partition coefficient (Wildman–Crippen LogP) is 2.72. The number of nitrogens with one attached hydrogen (secondary N) is 1. The zero-order chi connectivity index (χ0) is 24.0. The molecule has 168 valence electrons. The number of hydrogen-bond acceptors (Lipinski definition) is 10. The Balaban J connectivity index is 1.67. The highest BCUT2D eigenvalue weighted by atomic mass is 32.2. The minimum Gasteiger partial charge on any atom is -0.497 e. The van der Waals surface area contributed by atoms with Crippen LogP contribution >= 0.6 is 11.3 Å². The molecule has 1 heterocycles. The van der Waals surface area contributed by atoms with Gasteiger partial charge in [0.05, 0.1) is 12.7 Å². The molecule has 0 spiro atoms. The number of ether oxygens (including phenoxy) is 2. The molecule has 0 aliphatic heterocycles. The second kappa shape index (κ2) is 10.0. The van der Waals surface area contributed by atoms with Crippen molar-refractivity contribution in [3.8, 4) is 17.6 Å². The lowest BCUT2D eigenvalue weighted by molar-refractivity contribution is -0.112. The van der Waals surface area contributed by atoms with Crippen LogP contribution in [0.1, 0.15) is 15.9 Å². The molecule has 3 rings (SSSR count). The van der Waals surface area contributed by atoms with E-state index in [9.17, 15) is 23.3 Å². The van der Waals surface area contributed by atoms with E-state index in [-0.39, 0.29) is 20.8 Å². The lowest BCUT2D eigenvalue weighted by atomic mass is 10.1. The smallest absolute Gasteiger partial charge is 0.343 e. The van der Waals surface area contributed by atoms with Crippen molar-refractivity contribution in [3.63, 3.8) is 0 Å². The van der Waals surface area contributed by atoms with Gasteiger partial charge in [-0.25, -0.2) is 13.2 Å². The van der Waals surface area contributed by atoms with Crippen molar-refractivity contribution in [2.45, 2.75) is 4.34 Å². The van der Waals surface area contributed by atoms with Crippen molar-refractivity contribution in [3.05, 3.63) is 65.2 Å². The van der Waals surface area contributed by atoms with Crippen molar-refractivity contribution >= 4 is 44.3 Å². The number of methoxy groups -OCH3 is 1. The highest BCUT2D eigenvalue weighted by Crippen LogP contribution is 2.21. The summed E-state index contributed by atoms with van der Waals surface area (Å²) >= 11 is 0.676. The number of aromatic nitrogens is 2. The normalized spacial score (nSPS) is 11.4. The summed E-state index contributed by atoms with van der Waals surface area (Å²) in [6.07, 6.45) is 2.29. The number of benzene rings is 2. The van der Waals surface area contributed by atoms with Crippen LogP contribution in [0.2, 0.25) is 0 Å². The van der Waals surface area contributed by atoms with Crippen molar-refractivity contribution in [2.75, 3.05) is 18.7 Å². The van der Waals surface area contributed by atoms with E-state index in [1.165, 1.54) is 25.3 Å². The summed E-state index contributed by atoms with van der Waals surface area (Å²) in [6.45, 7) is 0. The lowest BCUT2D eigenvalue weighted by Crippen LogP contribution is -2.13. The minimum absolute atomic E-state index is 0.0534. The number of sulfone groups is 1. The molecule has 2 aromatic carbocycles. The topological polar surface area (TPSA) is 148 Å².